The second-order valence-corrected chi connectivity index (χ2v) is 13.5. The number of benzene rings is 1. The van der Waals surface area contributed by atoms with E-state index in [0.29, 0.717) is 43.7 Å². The first-order valence-corrected chi connectivity index (χ1v) is 15.8. The third-order valence-electron chi connectivity index (χ3n) is 8.03. The Bertz CT molecular complexity index is 1300. The number of likely N-dealkylation sites (tertiary alicyclic amines) is 1. The molecule has 0 aliphatic carbocycles. The topological polar surface area (TPSA) is 80.3 Å². The van der Waals surface area contributed by atoms with Crippen LogP contribution in [0.15, 0.2) is 4.47 Å². The molecule has 4 heterocycles. The predicted molar refractivity (Wildman–Crippen MR) is 161 cm³/mol. The van der Waals surface area contributed by atoms with Crippen LogP contribution in [-0.2, 0) is 4.74 Å². The zero-order chi connectivity index (χ0) is 30.2. The van der Waals surface area contributed by atoms with Crippen molar-refractivity contribution in [2.24, 2.45) is 0 Å². The average molecular weight is 675 g/mol. The van der Waals surface area contributed by atoms with Crippen molar-refractivity contribution in [3.05, 3.63) is 15.3 Å². The van der Waals surface area contributed by atoms with Crippen LogP contribution in [0.5, 0.6) is 11.8 Å². The fraction of sp³-hybridized carbons (Fsp3) is 0.690. The normalized spacial score (nSPS) is 21.7. The molecule has 3 atom stereocenters. The molecule has 1 aromatic heterocycles. The number of nitrogens with zero attached hydrogens (tertiary/aromatic N) is 5. The maximum atomic E-state index is 15.6. The summed E-state index contributed by atoms with van der Waals surface area (Å²) < 4.78 is 47.3. The molecule has 1 amide bonds. The summed E-state index contributed by atoms with van der Waals surface area (Å²) in [5.41, 5.74) is -0.601. The minimum atomic E-state index is -0.934. The molecule has 0 spiro atoms. The van der Waals surface area contributed by atoms with Gasteiger partial charge in [-0.25, -0.2) is 13.6 Å². The Hall–Kier alpha value is -2.18. The van der Waals surface area contributed by atoms with E-state index in [1.165, 1.54) is 7.11 Å². The molecular weight excluding hydrogens is 636 g/mol. The Morgan fingerprint density at radius 3 is 2.45 bits per heavy atom. The number of carbonyl (C=O) groups is 1. The van der Waals surface area contributed by atoms with Crippen molar-refractivity contribution in [3.8, 4) is 11.8 Å². The summed E-state index contributed by atoms with van der Waals surface area (Å²) in [5, 5.41) is 0.401. The van der Waals surface area contributed by atoms with Crippen molar-refractivity contribution < 1.29 is 27.8 Å². The number of rotatable bonds is 9. The molecule has 9 nitrogen and oxygen atoms in total. The number of alkyl halides is 1. The van der Waals surface area contributed by atoms with Gasteiger partial charge in [-0.05, 0) is 88.3 Å². The van der Waals surface area contributed by atoms with Crippen molar-refractivity contribution >= 4 is 50.3 Å². The first kappa shape index (κ1) is 31.3. The molecule has 1 aromatic carbocycles. The van der Waals surface area contributed by atoms with Gasteiger partial charge in [-0.2, -0.15) is 9.97 Å². The molecule has 2 unspecified atom stereocenters. The Balaban J connectivity index is 1.39. The van der Waals surface area contributed by atoms with Gasteiger partial charge in [0.15, 0.2) is 11.6 Å². The van der Waals surface area contributed by atoms with Crippen LogP contribution in [0.1, 0.15) is 59.3 Å². The van der Waals surface area contributed by atoms with Gasteiger partial charge in [0.05, 0.1) is 35.7 Å². The lowest BCUT2D eigenvalue weighted by atomic mass is 10.1. The molecule has 3 saturated heterocycles. The van der Waals surface area contributed by atoms with E-state index in [1.54, 1.807) is 0 Å². The van der Waals surface area contributed by atoms with Crippen molar-refractivity contribution in [3.63, 3.8) is 0 Å². The monoisotopic (exact) mass is 673 g/mol. The molecule has 2 bridgehead atoms. The SMILES string of the molecule is COc1c(Cl)c(Br)c(F)c2nc(OCCC[C@@H](F)CN3CCCC3)nc(N3CC4CCC(C3)N4C(=O)OC(C)(C)C)c12. The van der Waals surface area contributed by atoms with Gasteiger partial charge in [0.1, 0.15) is 28.1 Å². The number of methoxy groups -OCH3 is 1. The second kappa shape index (κ2) is 12.8. The fourth-order valence-electron chi connectivity index (χ4n) is 6.19. The van der Waals surface area contributed by atoms with Crippen LogP contribution in [-0.4, -0.2) is 96.2 Å². The van der Waals surface area contributed by atoms with E-state index in [-0.39, 0.29) is 51.6 Å². The lowest BCUT2D eigenvalue weighted by Crippen LogP contribution is -2.57. The molecule has 3 aliphatic rings. The van der Waals surface area contributed by atoms with E-state index >= 15 is 4.39 Å². The second-order valence-electron chi connectivity index (χ2n) is 12.3. The first-order chi connectivity index (χ1) is 20.0. The van der Waals surface area contributed by atoms with Crippen molar-refractivity contribution in [2.45, 2.75) is 83.2 Å². The maximum absolute atomic E-state index is 15.6. The summed E-state index contributed by atoms with van der Waals surface area (Å²) in [5.74, 6) is -0.00187. The summed E-state index contributed by atoms with van der Waals surface area (Å²) in [6.45, 7) is 8.99. The van der Waals surface area contributed by atoms with Gasteiger partial charge in [-0.3, -0.25) is 4.90 Å². The Morgan fingerprint density at radius 1 is 1.17 bits per heavy atom. The Kier molecular flexibility index (Phi) is 9.54. The van der Waals surface area contributed by atoms with E-state index in [9.17, 15) is 9.18 Å². The largest absolute Gasteiger partial charge is 0.494 e. The molecule has 5 rings (SSSR count). The molecule has 0 N–H and O–H groups in total. The first-order valence-electron chi connectivity index (χ1n) is 14.6. The zero-order valence-electron chi connectivity index (χ0n) is 24.6. The third-order valence-corrected chi connectivity index (χ3v) is 9.36. The summed E-state index contributed by atoms with van der Waals surface area (Å²) in [6, 6.07) is -0.219. The number of amides is 1. The van der Waals surface area contributed by atoms with Crippen LogP contribution in [0, 0.1) is 5.82 Å². The summed E-state index contributed by atoms with van der Waals surface area (Å²) in [4.78, 5) is 28.1. The third kappa shape index (κ3) is 6.65. The molecule has 13 heteroatoms. The van der Waals surface area contributed by atoms with Gasteiger partial charge >= 0.3 is 12.1 Å². The fourth-order valence-corrected chi connectivity index (χ4v) is 6.81. The van der Waals surface area contributed by atoms with E-state index in [4.69, 9.17) is 30.8 Å². The minimum absolute atomic E-state index is 0.00226. The molecular formula is C29H39BrClF2N5O4. The number of aromatic nitrogens is 2. The highest BCUT2D eigenvalue weighted by atomic mass is 79.9. The molecule has 0 radical (unpaired) electrons. The van der Waals surface area contributed by atoms with E-state index in [2.05, 4.69) is 25.8 Å². The summed E-state index contributed by atoms with van der Waals surface area (Å²) in [7, 11) is 1.46. The molecule has 2 aromatic rings. The zero-order valence-corrected chi connectivity index (χ0v) is 26.9. The Morgan fingerprint density at radius 2 is 1.83 bits per heavy atom. The molecule has 3 fully saturated rings. The van der Waals surface area contributed by atoms with Crippen LogP contribution >= 0.6 is 27.5 Å². The average Bonchev–Trinajstić information content (AvgIpc) is 3.54. The van der Waals surface area contributed by atoms with Crippen LogP contribution < -0.4 is 14.4 Å². The van der Waals surface area contributed by atoms with Crippen LogP contribution in [0.3, 0.4) is 0 Å². The number of hydrogen-bond donors (Lipinski definition) is 0. The van der Waals surface area contributed by atoms with Crippen molar-refractivity contribution in [1.29, 1.82) is 0 Å². The molecule has 232 valence electrons. The number of anilines is 1. The predicted octanol–water partition coefficient (Wildman–Crippen LogP) is 6.37. The summed E-state index contributed by atoms with van der Waals surface area (Å²) in [6.07, 6.45) is 3.43. The highest BCUT2D eigenvalue weighted by Crippen LogP contribution is 2.46. The number of fused-ring (bicyclic) bond motifs is 3. The Labute approximate surface area is 258 Å². The number of halogens is 4. The molecule has 42 heavy (non-hydrogen) atoms. The van der Waals surface area contributed by atoms with Gasteiger partial charge < -0.3 is 24.0 Å². The van der Waals surface area contributed by atoms with Gasteiger partial charge in [0.25, 0.3) is 0 Å². The highest BCUT2D eigenvalue weighted by molar-refractivity contribution is 9.10. The van der Waals surface area contributed by atoms with E-state index in [0.717, 1.165) is 38.8 Å². The number of ether oxygens (including phenoxy) is 3. The molecule has 0 saturated carbocycles. The van der Waals surface area contributed by atoms with Crippen molar-refractivity contribution in [1.82, 2.24) is 19.8 Å². The number of piperazine rings is 1. The lowest BCUT2D eigenvalue weighted by molar-refractivity contribution is 0.0122. The van der Waals surface area contributed by atoms with Crippen LogP contribution in [0.25, 0.3) is 10.9 Å². The van der Waals surface area contributed by atoms with E-state index in [1.807, 2.05) is 30.6 Å². The summed E-state index contributed by atoms with van der Waals surface area (Å²) >= 11 is 9.72. The smallest absolute Gasteiger partial charge is 0.410 e. The van der Waals surface area contributed by atoms with Gasteiger partial charge in [-0.1, -0.05) is 11.6 Å². The van der Waals surface area contributed by atoms with Crippen molar-refractivity contribution in [2.75, 3.05) is 51.3 Å². The number of hydrogen-bond acceptors (Lipinski definition) is 8. The number of carbonyl (C=O) groups excluding carboxylic acids is 1. The quantitative estimate of drug-likeness (QED) is 0.224. The maximum Gasteiger partial charge on any atom is 0.410 e. The minimum Gasteiger partial charge on any atom is -0.494 e. The highest BCUT2D eigenvalue weighted by Gasteiger charge is 2.45. The lowest BCUT2D eigenvalue weighted by Gasteiger charge is -2.42. The van der Waals surface area contributed by atoms with E-state index < -0.39 is 17.6 Å². The molecule has 3 aliphatic heterocycles. The van der Waals surface area contributed by atoms with Crippen LogP contribution in [0.2, 0.25) is 5.02 Å². The van der Waals surface area contributed by atoms with Gasteiger partial charge in [0, 0.05) is 19.6 Å². The van der Waals surface area contributed by atoms with Gasteiger partial charge in [0.2, 0.25) is 0 Å². The standard InChI is InChI=1S/C29H39BrClF2N5O4/c1-29(2,3)42-28(39)38-18-9-10-19(38)16-37(15-18)26-20-24(23(33)21(30)22(31)25(20)40-4)34-27(35-26)41-13-7-8-17(32)14-36-11-5-6-12-36/h17-19H,5-16H2,1-4H3/t17-,18?,19?/m1/s1. The van der Waals surface area contributed by atoms with Gasteiger partial charge in [-0.15, -0.1) is 0 Å². The van der Waals surface area contributed by atoms with Crippen LogP contribution in [0.4, 0.5) is 19.4 Å².